The number of hydrogen-bond donors (Lipinski definition) is 1. The standard InChI is InChI=1S/C21H21ClN2O5/c1-4-28-19(26)14-7-5-6-8-15(14)23-18(25)12-24-16-11-13(22)9-10-17(16)29-21(2,3)20(24)27/h5-11H,4,12H2,1-3H3,(H,23,25). The zero-order chi connectivity index (χ0) is 21.2. The Hall–Kier alpha value is -3.06. The first-order chi connectivity index (χ1) is 13.7. The molecule has 0 aliphatic carbocycles. The molecule has 0 saturated heterocycles. The van der Waals surface area contributed by atoms with E-state index in [2.05, 4.69) is 5.32 Å². The van der Waals surface area contributed by atoms with Crippen LogP contribution in [0.4, 0.5) is 11.4 Å². The second kappa shape index (κ2) is 8.13. The third kappa shape index (κ3) is 4.35. The molecule has 2 aromatic carbocycles. The van der Waals surface area contributed by atoms with Crippen LogP contribution in [-0.4, -0.2) is 36.5 Å². The van der Waals surface area contributed by atoms with E-state index in [1.165, 1.54) is 4.90 Å². The molecular formula is C21H21ClN2O5. The molecule has 0 bridgehead atoms. The number of halogens is 1. The van der Waals surface area contributed by atoms with Crippen LogP contribution in [0.2, 0.25) is 5.02 Å². The molecule has 0 radical (unpaired) electrons. The highest BCUT2D eigenvalue weighted by atomic mass is 35.5. The molecule has 0 aromatic heterocycles. The van der Waals surface area contributed by atoms with Gasteiger partial charge in [-0.2, -0.15) is 0 Å². The summed E-state index contributed by atoms with van der Waals surface area (Å²) in [6, 6.07) is 11.4. The molecule has 2 aromatic rings. The molecule has 0 saturated carbocycles. The van der Waals surface area contributed by atoms with E-state index in [9.17, 15) is 14.4 Å². The molecule has 3 rings (SSSR count). The van der Waals surface area contributed by atoms with Crippen molar-refractivity contribution in [1.29, 1.82) is 0 Å². The Morgan fingerprint density at radius 3 is 2.66 bits per heavy atom. The van der Waals surface area contributed by atoms with Gasteiger partial charge in [0.1, 0.15) is 12.3 Å². The van der Waals surface area contributed by atoms with Gasteiger partial charge in [0.2, 0.25) is 5.91 Å². The lowest BCUT2D eigenvalue weighted by Gasteiger charge is -2.38. The van der Waals surface area contributed by atoms with Gasteiger partial charge in [-0.15, -0.1) is 0 Å². The maximum atomic E-state index is 12.9. The van der Waals surface area contributed by atoms with Gasteiger partial charge < -0.3 is 14.8 Å². The molecule has 1 heterocycles. The van der Waals surface area contributed by atoms with Crippen LogP contribution in [0.15, 0.2) is 42.5 Å². The largest absolute Gasteiger partial charge is 0.476 e. The minimum atomic E-state index is -1.13. The fraction of sp³-hybridized carbons (Fsp3) is 0.286. The van der Waals surface area contributed by atoms with E-state index in [1.54, 1.807) is 63.2 Å². The van der Waals surface area contributed by atoms with Gasteiger partial charge in [0.15, 0.2) is 5.60 Å². The van der Waals surface area contributed by atoms with Crippen molar-refractivity contribution in [1.82, 2.24) is 0 Å². The molecule has 1 N–H and O–H groups in total. The Kier molecular flexibility index (Phi) is 5.79. The molecule has 8 heteroatoms. The normalized spacial score (nSPS) is 14.6. The van der Waals surface area contributed by atoms with Crippen molar-refractivity contribution >= 4 is 40.8 Å². The summed E-state index contributed by atoms with van der Waals surface area (Å²) in [5.41, 5.74) is -0.179. The van der Waals surface area contributed by atoms with Crippen LogP contribution in [0.3, 0.4) is 0 Å². The highest BCUT2D eigenvalue weighted by molar-refractivity contribution is 6.31. The zero-order valence-electron chi connectivity index (χ0n) is 16.3. The molecular weight excluding hydrogens is 396 g/mol. The first-order valence-electron chi connectivity index (χ1n) is 9.09. The molecule has 152 valence electrons. The van der Waals surface area contributed by atoms with Gasteiger partial charge in [-0.05, 0) is 51.1 Å². The van der Waals surface area contributed by atoms with Crippen LogP contribution in [0, 0.1) is 0 Å². The summed E-state index contributed by atoms with van der Waals surface area (Å²) in [4.78, 5) is 39.0. The molecule has 0 unspecified atom stereocenters. The minimum absolute atomic E-state index is 0.218. The van der Waals surface area contributed by atoms with Crippen molar-refractivity contribution in [2.45, 2.75) is 26.4 Å². The van der Waals surface area contributed by atoms with E-state index < -0.39 is 17.5 Å². The number of carbonyl (C=O) groups excluding carboxylic acids is 3. The van der Waals surface area contributed by atoms with Crippen molar-refractivity contribution < 1.29 is 23.9 Å². The van der Waals surface area contributed by atoms with Gasteiger partial charge in [-0.25, -0.2) is 4.79 Å². The Morgan fingerprint density at radius 1 is 1.21 bits per heavy atom. The summed E-state index contributed by atoms with van der Waals surface area (Å²) < 4.78 is 10.8. The van der Waals surface area contributed by atoms with Crippen LogP contribution < -0.4 is 15.0 Å². The third-order valence-corrected chi connectivity index (χ3v) is 4.57. The second-order valence-corrected chi connectivity index (χ2v) is 7.37. The van der Waals surface area contributed by atoms with Gasteiger partial charge in [0.25, 0.3) is 5.91 Å². The van der Waals surface area contributed by atoms with Crippen molar-refractivity contribution in [3.8, 4) is 5.75 Å². The SMILES string of the molecule is CCOC(=O)c1ccccc1NC(=O)CN1C(=O)C(C)(C)Oc2ccc(Cl)cc21. The van der Waals surface area contributed by atoms with Crippen LogP contribution in [0.1, 0.15) is 31.1 Å². The number of rotatable bonds is 5. The number of nitrogens with one attached hydrogen (secondary N) is 1. The van der Waals surface area contributed by atoms with E-state index in [0.717, 1.165) is 0 Å². The van der Waals surface area contributed by atoms with Crippen molar-refractivity contribution in [3.05, 3.63) is 53.1 Å². The number of benzene rings is 2. The van der Waals surface area contributed by atoms with E-state index in [1.807, 2.05) is 0 Å². The summed E-state index contributed by atoms with van der Waals surface area (Å²) in [5.74, 6) is -0.928. The summed E-state index contributed by atoms with van der Waals surface area (Å²) in [7, 11) is 0. The van der Waals surface area contributed by atoms with Crippen molar-refractivity contribution in [2.24, 2.45) is 0 Å². The zero-order valence-corrected chi connectivity index (χ0v) is 17.1. The Balaban J connectivity index is 1.85. The molecule has 29 heavy (non-hydrogen) atoms. The number of esters is 1. The fourth-order valence-corrected chi connectivity index (χ4v) is 3.18. The number of hydrogen-bond acceptors (Lipinski definition) is 5. The van der Waals surface area contributed by atoms with Crippen LogP contribution in [0.25, 0.3) is 0 Å². The van der Waals surface area contributed by atoms with Crippen molar-refractivity contribution in [3.63, 3.8) is 0 Å². The van der Waals surface area contributed by atoms with Crippen LogP contribution in [0.5, 0.6) is 5.75 Å². The quantitative estimate of drug-likeness (QED) is 0.752. The minimum Gasteiger partial charge on any atom is -0.476 e. The molecule has 0 spiro atoms. The van der Waals surface area contributed by atoms with E-state index in [0.29, 0.717) is 22.1 Å². The number of carbonyl (C=O) groups is 3. The predicted octanol–water partition coefficient (Wildman–Crippen LogP) is 3.66. The topological polar surface area (TPSA) is 84.9 Å². The average molecular weight is 417 g/mol. The monoisotopic (exact) mass is 416 g/mol. The fourth-order valence-electron chi connectivity index (χ4n) is 3.01. The first kappa shape index (κ1) is 20.7. The van der Waals surface area contributed by atoms with Crippen LogP contribution >= 0.6 is 11.6 Å². The number of ether oxygens (including phenoxy) is 2. The maximum absolute atomic E-state index is 12.9. The van der Waals surface area contributed by atoms with Gasteiger partial charge in [-0.3, -0.25) is 14.5 Å². The van der Waals surface area contributed by atoms with E-state index in [-0.39, 0.29) is 24.6 Å². The molecule has 1 aliphatic rings. The van der Waals surface area contributed by atoms with Crippen molar-refractivity contribution in [2.75, 3.05) is 23.4 Å². The summed E-state index contributed by atoms with van der Waals surface area (Å²) in [6.45, 7) is 4.92. The number of anilines is 2. The first-order valence-corrected chi connectivity index (χ1v) is 9.47. The number of fused-ring (bicyclic) bond motifs is 1. The van der Waals surface area contributed by atoms with Gasteiger partial charge in [0, 0.05) is 5.02 Å². The maximum Gasteiger partial charge on any atom is 0.340 e. The Labute approximate surface area is 173 Å². The molecule has 1 aliphatic heterocycles. The lowest BCUT2D eigenvalue weighted by Crippen LogP contribution is -2.54. The highest BCUT2D eigenvalue weighted by Crippen LogP contribution is 2.39. The predicted molar refractivity (Wildman–Crippen MR) is 110 cm³/mol. The lowest BCUT2D eigenvalue weighted by molar-refractivity contribution is -0.133. The molecule has 7 nitrogen and oxygen atoms in total. The van der Waals surface area contributed by atoms with Gasteiger partial charge in [0.05, 0.1) is 23.5 Å². The molecule has 0 fully saturated rings. The number of amides is 2. The van der Waals surface area contributed by atoms with Gasteiger partial charge >= 0.3 is 5.97 Å². The molecule has 0 atom stereocenters. The Bertz CT molecular complexity index is 973. The number of para-hydroxylation sites is 1. The molecule has 2 amide bonds. The number of nitrogens with zero attached hydrogens (tertiary/aromatic N) is 1. The third-order valence-electron chi connectivity index (χ3n) is 4.34. The van der Waals surface area contributed by atoms with Gasteiger partial charge in [-0.1, -0.05) is 23.7 Å². The van der Waals surface area contributed by atoms with E-state index in [4.69, 9.17) is 21.1 Å². The average Bonchev–Trinajstić information content (AvgIpc) is 2.66. The lowest BCUT2D eigenvalue weighted by atomic mass is 10.0. The summed E-state index contributed by atoms with van der Waals surface area (Å²) >= 11 is 6.07. The smallest absolute Gasteiger partial charge is 0.340 e. The Morgan fingerprint density at radius 2 is 1.93 bits per heavy atom. The van der Waals surface area contributed by atoms with Crippen LogP contribution in [-0.2, 0) is 14.3 Å². The highest BCUT2D eigenvalue weighted by Gasteiger charge is 2.41. The second-order valence-electron chi connectivity index (χ2n) is 6.93. The summed E-state index contributed by atoms with van der Waals surface area (Å²) in [6.07, 6.45) is 0. The summed E-state index contributed by atoms with van der Waals surface area (Å²) in [5, 5.41) is 3.10. The van der Waals surface area contributed by atoms with E-state index >= 15 is 0 Å².